The molecule has 0 saturated carbocycles. The maximum absolute atomic E-state index is 10.3. The largest absolute Gasteiger partial charge is 0.386 e. The van der Waals surface area contributed by atoms with Crippen LogP contribution < -0.4 is 10.6 Å². The second kappa shape index (κ2) is 7.45. The van der Waals surface area contributed by atoms with Crippen LogP contribution in [0, 0.1) is 0 Å². The van der Waals surface area contributed by atoms with Crippen molar-refractivity contribution in [3.05, 3.63) is 46.8 Å². The Hall–Kier alpha value is -1.56. The molecule has 0 aliphatic heterocycles. The van der Waals surface area contributed by atoms with Gasteiger partial charge in [0.15, 0.2) is 5.96 Å². The molecule has 0 amide bonds. The lowest BCUT2D eigenvalue weighted by Gasteiger charge is -2.14. The zero-order valence-corrected chi connectivity index (χ0v) is 13.3. The third-order valence-electron chi connectivity index (χ3n) is 2.91. The molecule has 2 rings (SSSR count). The Labute approximate surface area is 133 Å². The molecule has 112 valence electrons. The molecule has 0 radical (unpaired) electrons. The van der Waals surface area contributed by atoms with Gasteiger partial charge in [0.1, 0.15) is 6.10 Å². The number of aliphatic hydroxyl groups is 1. The molecule has 1 aromatic heterocycles. The monoisotopic (exact) mass is 323 g/mol. The van der Waals surface area contributed by atoms with Gasteiger partial charge >= 0.3 is 0 Å². The number of nitrogens with one attached hydrogen (secondary N) is 2. The number of aliphatic imine (C=N–C) groups is 1. The number of hydrogen-bond acceptors (Lipinski definition) is 3. The van der Waals surface area contributed by atoms with Crippen molar-refractivity contribution in [3.63, 3.8) is 0 Å². The summed E-state index contributed by atoms with van der Waals surface area (Å²) in [6.45, 7) is 4.41. The number of benzene rings is 1. The summed E-state index contributed by atoms with van der Waals surface area (Å²) in [5, 5.41) is 18.0. The van der Waals surface area contributed by atoms with Gasteiger partial charge < -0.3 is 15.7 Å². The lowest BCUT2D eigenvalue weighted by Crippen LogP contribution is -2.39. The number of nitrogens with zero attached hydrogens (tertiary/aromatic N) is 1. The maximum Gasteiger partial charge on any atom is 0.191 e. The average Bonchev–Trinajstić information content (AvgIpc) is 2.91. The molecule has 0 bridgehead atoms. The van der Waals surface area contributed by atoms with Crippen LogP contribution in [0.25, 0.3) is 10.1 Å². The topological polar surface area (TPSA) is 56.7 Å². The minimum atomic E-state index is -0.583. The van der Waals surface area contributed by atoms with Gasteiger partial charge in [-0.1, -0.05) is 36.4 Å². The lowest BCUT2D eigenvalue weighted by atomic mass is 10.2. The summed E-state index contributed by atoms with van der Waals surface area (Å²) in [6, 6.07) is 10.1. The molecule has 0 spiro atoms. The Balaban J connectivity index is 1.94. The van der Waals surface area contributed by atoms with E-state index < -0.39 is 6.10 Å². The van der Waals surface area contributed by atoms with Crippen LogP contribution in [0.15, 0.2) is 46.9 Å². The van der Waals surface area contributed by atoms with Crippen molar-refractivity contribution in [3.8, 4) is 0 Å². The van der Waals surface area contributed by atoms with Gasteiger partial charge in [0, 0.05) is 28.2 Å². The van der Waals surface area contributed by atoms with E-state index in [2.05, 4.69) is 28.3 Å². The second-order valence-electron chi connectivity index (χ2n) is 4.53. The Kier molecular flexibility index (Phi) is 5.61. The predicted molar refractivity (Wildman–Crippen MR) is 91.1 cm³/mol. The van der Waals surface area contributed by atoms with E-state index in [0.29, 0.717) is 24.1 Å². The molecule has 1 atom stereocenters. The summed E-state index contributed by atoms with van der Waals surface area (Å²) in [6.07, 6.45) is -0.583. The van der Waals surface area contributed by atoms with Gasteiger partial charge in [-0.25, -0.2) is 0 Å². The van der Waals surface area contributed by atoms with Crippen LogP contribution in [0.4, 0.5) is 0 Å². The number of rotatable bonds is 5. The van der Waals surface area contributed by atoms with Crippen molar-refractivity contribution >= 4 is 39.0 Å². The SMILES string of the molecule is C=C(Cl)CNC(=NC)NCC(O)c1cc2ccccc2s1. The standard InChI is InChI=1S/C15H18ClN3OS/c1-10(16)8-18-15(17-2)19-9-12(20)14-7-11-5-3-4-6-13(11)21-14/h3-7,12,20H,1,8-9H2,2H3,(H2,17,18,19). The molecule has 1 unspecified atom stereocenters. The first-order chi connectivity index (χ1) is 10.1. The minimum Gasteiger partial charge on any atom is -0.386 e. The highest BCUT2D eigenvalue weighted by molar-refractivity contribution is 7.19. The predicted octanol–water partition coefficient (Wildman–Crippen LogP) is 2.85. The van der Waals surface area contributed by atoms with Gasteiger partial charge in [-0.15, -0.1) is 11.3 Å². The Morgan fingerprint density at radius 1 is 1.43 bits per heavy atom. The van der Waals surface area contributed by atoms with E-state index in [1.54, 1.807) is 18.4 Å². The lowest BCUT2D eigenvalue weighted by molar-refractivity contribution is 0.184. The van der Waals surface area contributed by atoms with Crippen LogP contribution in [0.5, 0.6) is 0 Å². The summed E-state index contributed by atoms with van der Waals surface area (Å²) in [4.78, 5) is 4.99. The molecule has 21 heavy (non-hydrogen) atoms. The molecule has 6 heteroatoms. The van der Waals surface area contributed by atoms with Crippen LogP contribution in [0.3, 0.4) is 0 Å². The van der Waals surface area contributed by atoms with Crippen molar-refractivity contribution in [1.29, 1.82) is 0 Å². The highest BCUT2D eigenvalue weighted by Gasteiger charge is 2.12. The van der Waals surface area contributed by atoms with E-state index in [0.717, 1.165) is 10.3 Å². The quantitative estimate of drug-likeness (QED) is 0.586. The van der Waals surface area contributed by atoms with E-state index in [-0.39, 0.29) is 0 Å². The van der Waals surface area contributed by atoms with Crippen LogP contribution in [-0.4, -0.2) is 31.2 Å². The zero-order chi connectivity index (χ0) is 15.2. The molecule has 0 aliphatic rings. The first-order valence-corrected chi connectivity index (χ1v) is 7.74. The van der Waals surface area contributed by atoms with E-state index in [1.165, 1.54) is 4.70 Å². The Bertz CT molecular complexity index is 620. The van der Waals surface area contributed by atoms with Crippen LogP contribution >= 0.6 is 22.9 Å². The van der Waals surface area contributed by atoms with E-state index >= 15 is 0 Å². The van der Waals surface area contributed by atoms with Crippen LogP contribution in [0.2, 0.25) is 0 Å². The van der Waals surface area contributed by atoms with Gasteiger partial charge in [-0.05, 0) is 17.5 Å². The third-order valence-corrected chi connectivity index (χ3v) is 4.26. The number of aliphatic hydroxyl groups excluding tert-OH is 1. The van der Waals surface area contributed by atoms with E-state index in [9.17, 15) is 5.11 Å². The average molecular weight is 324 g/mol. The van der Waals surface area contributed by atoms with Gasteiger partial charge in [0.25, 0.3) is 0 Å². The first-order valence-electron chi connectivity index (χ1n) is 6.54. The number of halogens is 1. The fraction of sp³-hybridized carbons (Fsp3) is 0.267. The molecule has 1 heterocycles. The van der Waals surface area contributed by atoms with E-state index in [1.807, 2.05) is 24.3 Å². The summed E-state index contributed by atoms with van der Waals surface area (Å²) in [5.74, 6) is 0.581. The molecular formula is C15H18ClN3OS. The highest BCUT2D eigenvalue weighted by atomic mass is 35.5. The fourth-order valence-electron chi connectivity index (χ4n) is 1.86. The van der Waals surface area contributed by atoms with Crippen LogP contribution in [0.1, 0.15) is 11.0 Å². The summed E-state index contributed by atoms with van der Waals surface area (Å²) < 4.78 is 1.17. The molecule has 4 nitrogen and oxygen atoms in total. The van der Waals surface area contributed by atoms with Gasteiger partial charge in [0.2, 0.25) is 0 Å². The minimum absolute atomic E-state index is 0.376. The molecule has 0 saturated heterocycles. The summed E-state index contributed by atoms with van der Waals surface area (Å²) >= 11 is 7.29. The van der Waals surface area contributed by atoms with E-state index in [4.69, 9.17) is 11.6 Å². The zero-order valence-electron chi connectivity index (χ0n) is 11.8. The summed E-state index contributed by atoms with van der Waals surface area (Å²) in [7, 11) is 1.66. The number of fused-ring (bicyclic) bond motifs is 1. The van der Waals surface area contributed by atoms with Crippen molar-refractivity contribution in [2.24, 2.45) is 4.99 Å². The molecule has 1 aromatic carbocycles. The molecule has 0 fully saturated rings. The number of hydrogen-bond donors (Lipinski definition) is 3. The van der Waals surface area contributed by atoms with Crippen molar-refractivity contribution < 1.29 is 5.11 Å². The van der Waals surface area contributed by atoms with Gasteiger partial charge in [-0.3, -0.25) is 4.99 Å². The van der Waals surface area contributed by atoms with Crippen LogP contribution in [-0.2, 0) is 0 Å². The first kappa shape index (κ1) is 15.8. The smallest absolute Gasteiger partial charge is 0.191 e. The second-order valence-corrected chi connectivity index (χ2v) is 6.18. The van der Waals surface area contributed by atoms with Gasteiger partial charge in [0.05, 0.1) is 6.54 Å². The van der Waals surface area contributed by atoms with Gasteiger partial charge in [-0.2, -0.15) is 0 Å². The Morgan fingerprint density at radius 3 is 2.86 bits per heavy atom. The maximum atomic E-state index is 10.3. The summed E-state index contributed by atoms with van der Waals surface area (Å²) in [5.41, 5.74) is 0. The molecule has 2 aromatic rings. The fourth-order valence-corrected chi connectivity index (χ4v) is 2.98. The Morgan fingerprint density at radius 2 is 2.19 bits per heavy atom. The number of guanidine groups is 1. The molecular weight excluding hydrogens is 306 g/mol. The van der Waals surface area contributed by atoms with Crippen molar-refractivity contribution in [2.75, 3.05) is 20.1 Å². The molecule has 3 N–H and O–H groups in total. The third kappa shape index (κ3) is 4.46. The molecule has 0 aliphatic carbocycles. The highest BCUT2D eigenvalue weighted by Crippen LogP contribution is 2.29. The van der Waals surface area contributed by atoms with Crippen molar-refractivity contribution in [1.82, 2.24) is 10.6 Å². The normalized spacial score (nSPS) is 13.2. The number of thiophene rings is 1. The van der Waals surface area contributed by atoms with Crippen molar-refractivity contribution in [2.45, 2.75) is 6.10 Å².